The second-order valence-corrected chi connectivity index (χ2v) is 6.46. The van der Waals surface area contributed by atoms with Crippen LogP contribution >= 0.6 is 27.3 Å². The number of rotatable bonds is 4. The van der Waals surface area contributed by atoms with Gasteiger partial charge < -0.3 is 10.5 Å². The minimum Gasteiger partial charge on any atom is -0.494 e. The Labute approximate surface area is 118 Å². The van der Waals surface area contributed by atoms with E-state index in [-0.39, 0.29) is 17.6 Å². The number of thiophene rings is 1. The molecule has 5 heteroatoms. The lowest BCUT2D eigenvalue weighted by molar-refractivity contribution is 0.386. The highest BCUT2D eigenvalue weighted by Crippen LogP contribution is 2.27. The van der Waals surface area contributed by atoms with Gasteiger partial charge in [-0.2, -0.15) is 0 Å². The van der Waals surface area contributed by atoms with Crippen molar-refractivity contribution in [2.75, 3.05) is 7.11 Å². The molecule has 96 valence electrons. The first-order valence-electron chi connectivity index (χ1n) is 5.43. The molecule has 0 amide bonds. The third-order valence-electron chi connectivity index (χ3n) is 2.65. The van der Waals surface area contributed by atoms with Crippen LogP contribution in [0.25, 0.3) is 0 Å². The molecule has 2 N–H and O–H groups in total. The van der Waals surface area contributed by atoms with Crippen LogP contribution in [0.5, 0.6) is 5.75 Å². The Morgan fingerprint density at radius 2 is 2.17 bits per heavy atom. The Kier molecular flexibility index (Phi) is 4.37. The monoisotopic (exact) mass is 329 g/mol. The number of halogens is 2. The summed E-state index contributed by atoms with van der Waals surface area (Å²) < 4.78 is 19.5. The van der Waals surface area contributed by atoms with E-state index in [1.54, 1.807) is 23.5 Å². The second-order valence-electron chi connectivity index (χ2n) is 3.91. The summed E-state index contributed by atoms with van der Waals surface area (Å²) >= 11 is 5.05. The lowest BCUT2D eigenvalue weighted by atomic mass is 10.0. The van der Waals surface area contributed by atoms with E-state index >= 15 is 0 Å². The Hall–Kier alpha value is -0.910. The highest BCUT2D eigenvalue weighted by Gasteiger charge is 2.11. The standard InChI is InChI=1S/C13H13BrFNOS/c1-17-12-4-2-8(6-10(12)15)11(16)7-9-3-5-13(14)18-9/h2-6,11H,7,16H2,1H3. The smallest absolute Gasteiger partial charge is 0.165 e. The van der Waals surface area contributed by atoms with Gasteiger partial charge >= 0.3 is 0 Å². The average molecular weight is 330 g/mol. The van der Waals surface area contributed by atoms with Gasteiger partial charge in [0, 0.05) is 17.3 Å². The Bertz CT molecular complexity index is 544. The van der Waals surface area contributed by atoms with Gasteiger partial charge in [0.1, 0.15) is 0 Å². The van der Waals surface area contributed by atoms with Crippen molar-refractivity contribution in [2.45, 2.75) is 12.5 Å². The molecule has 0 saturated carbocycles. The predicted octanol–water partition coefficient (Wildman–Crippen LogP) is 3.90. The first-order chi connectivity index (χ1) is 8.60. The number of ether oxygens (including phenoxy) is 1. The SMILES string of the molecule is COc1ccc(C(N)Cc2ccc(Br)s2)cc1F. The van der Waals surface area contributed by atoms with Crippen LogP contribution in [0, 0.1) is 5.82 Å². The zero-order valence-corrected chi connectivity index (χ0v) is 12.2. The molecule has 1 aromatic heterocycles. The maximum atomic E-state index is 13.6. The van der Waals surface area contributed by atoms with Crippen molar-refractivity contribution >= 4 is 27.3 Å². The van der Waals surface area contributed by atoms with Crippen LogP contribution in [-0.4, -0.2) is 7.11 Å². The lowest BCUT2D eigenvalue weighted by Gasteiger charge is -2.12. The third-order valence-corrected chi connectivity index (χ3v) is 4.30. The molecule has 0 aliphatic rings. The van der Waals surface area contributed by atoms with Crippen LogP contribution in [0.2, 0.25) is 0 Å². The van der Waals surface area contributed by atoms with Crippen LogP contribution in [0.1, 0.15) is 16.5 Å². The fourth-order valence-electron chi connectivity index (χ4n) is 1.71. The molecular formula is C13H13BrFNOS. The minimum atomic E-state index is -0.377. The molecule has 0 bridgehead atoms. The van der Waals surface area contributed by atoms with Crippen LogP contribution in [0.3, 0.4) is 0 Å². The van der Waals surface area contributed by atoms with Gasteiger partial charge in [-0.1, -0.05) is 6.07 Å². The molecular weight excluding hydrogens is 317 g/mol. The fourth-order valence-corrected chi connectivity index (χ4v) is 3.25. The van der Waals surface area contributed by atoms with Gasteiger partial charge in [-0.25, -0.2) is 4.39 Å². The zero-order valence-electron chi connectivity index (χ0n) is 9.82. The second kappa shape index (κ2) is 5.82. The number of methoxy groups -OCH3 is 1. The zero-order chi connectivity index (χ0) is 13.1. The van der Waals surface area contributed by atoms with E-state index in [0.29, 0.717) is 6.42 Å². The van der Waals surface area contributed by atoms with Crippen LogP contribution < -0.4 is 10.5 Å². The summed E-state index contributed by atoms with van der Waals surface area (Å²) in [7, 11) is 1.45. The van der Waals surface area contributed by atoms with Crippen molar-refractivity contribution in [3.63, 3.8) is 0 Å². The minimum absolute atomic E-state index is 0.212. The predicted molar refractivity (Wildman–Crippen MR) is 75.6 cm³/mol. The first-order valence-corrected chi connectivity index (χ1v) is 7.04. The molecule has 0 fully saturated rings. The van der Waals surface area contributed by atoms with Gasteiger partial charge in [-0.15, -0.1) is 11.3 Å². The summed E-state index contributed by atoms with van der Waals surface area (Å²) in [6.45, 7) is 0. The van der Waals surface area contributed by atoms with Crippen LogP contribution in [-0.2, 0) is 6.42 Å². The fraction of sp³-hybridized carbons (Fsp3) is 0.231. The first kappa shape index (κ1) is 13.5. The number of hydrogen-bond acceptors (Lipinski definition) is 3. The van der Waals surface area contributed by atoms with E-state index in [1.807, 2.05) is 12.1 Å². The van der Waals surface area contributed by atoms with Crippen molar-refractivity contribution < 1.29 is 9.13 Å². The highest BCUT2D eigenvalue weighted by molar-refractivity contribution is 9.11. The van der Waals surface area contributed by atoms with E-state index in [9.17, 15) is 4.39 Å². The molecule has 2 aromatic rings. The average Bonchev–Trinajstić information content (AvgIpc) is 2.74. The Balaban J connectivity index is 2.13. The molecule has 2 nitrogen and oxygen atoms in total. The topological polar surface area (TPSA) is 35.2 Å². The quantitative estimate of drug-likeness (QED) is 0.923. The number of benzene rings is 1. The molecule has 18 heavy (non-hydrogen) atoms. The van der Waals surface area contributed by atoms with Crippen molar-refractivity contribution in [1.29, 1.82) is 0 Å². The van der Waals surface area contributed by atoms with Crippen molar-refractivity contribution in [2.24, 2.45) is 5.73 Å². The van der Waals surface area contributed by atoms with Gasteiger partial charge in [0.2, 0.25) is 0 Å². The lowest BCUT2D eigenvalue weighted by Crippen LogP contribution is -2.13. The Morgan fingerprint density at radius 1 is 1.39 bits per heavy atom. The molecule has 1 aromatic carbocycles. The summed E-state index contributed by atoms with van der Waals surface area (Å²) in [5.74, 6) is -0.136. The van der Waals surface area contributed by atoms with Crippen molar-refractivity contribution in [3.8, 4) is 5.75 Å². The normalized spacial score (nSPS) is 12.4. The van der Waals surface area contributed by atoms with E-state index in [0.717, 1.165) is 9.35 Å². The molecule has 1 heterocycles. The number of hydrogen-bond donors (Lipinski definition) is 1. The van der Waals surface area contributed by atoms with Crippen LogP contribution in [0.4, 0.5) is 4.39 Å². The van der Waals surface area contributed by atoms with Crippen molar-refractivity contribution in [1.82, 2.24) is 0 Å². The summed E-state index contributed by atoms with van der Waals surface area (Å²) in [5, 5.41) is 0. The van der Waals surface area contributed by atoms with Crippen LogP contribution in [0.15, 0.2) is 34.1 Å². The molecule has 0 radical (unpaired) electrons. The maximum absolute atomic E-state index is 13.6. The molecule has 0 saturated heterocycles. The largest absolute Gasteiger partial charge is 0.494 e. The third kappa shape index (κ3) is 3.10. The van der Waals surface area contributed by atoms with E-state index < -0.39 is 0 Å². The molecule has 0 aliphatic carbocycles. The summed E-state index contributed by atoms with van der Waals surface area (Å²) in [6.07, 6.45) is 0.696. The summed E-state index contributed by atoms with van der Waals surface area (Å²) in [5.41, 5.74) is 6.86. The summed E-state index contributed by atoms with van der Waals surface area (Å²) in [6, 6.07) is 8.64. The van der Waals surface area contributed by atoms with Gasteiger partial charge in [-0.3, -0.25) is 0 Å². The molecule has 1 atom stereocenters. The van der Waals surface area contributed by atoms with Gasteiger partial charge in [0.05, 0.1) is 10.9 Å². The van der Waals surface area contributed by atoms with Gasteiger partial charge in [-0.05, 0) is 45.8 Å². The van der Waals surface area contributed by atoms with Gasteiger partial charge in [0.25, 0.3) is 0 Å². The van der Waals surface area contributed by atoms with E-state index in [2.05, 4.69) is 15.9 Å². The molecule has 0 spiro atoms. The maximum Gasteiger partial charge on any atom is 0.165 e. The van der Waals surface area contributed by atoms with Gasteiger partial charge in [0.15, 0.2) is 11.6 Å². The van der Waals surface area contributed by atoms with E-state index in [4.69, 9.17) is 10.5 Å². The number of nitrogens with two attached hydrogens (primary N) is 1. The van der Waals surface area contributed by atoms with E-state index in [1.165, 1.54) is 18.1 Å². The Morgan fingerprint density at radius 3 is 2.72 bits per heavy atom. The molecule has 0 aliphatic heterocycles. The molecule has 1 unspecified atom stereocenters. The summed E-state index contributed by atoms with van der Waals surface area (Å²) in [4.78, 5) is 1.17. The molecule has 2 rings (SSSR count). The highest BCUT2D eigenvalue weighted by atomic mass is 79.9. The van der Waals surface area contributed by atoms with Crippen molar-refractivity contribution in [3.05, 3.63) is 50.4 Å².